The molecule has 3 N–H and O–H groups in total. The van der Waals surface area contributed by atoms with Crippen molar-refractivity contribution in [2.75, 3.05) is 19.7 Å². The van der Waals surface area contributed by atoms with Crippen LogP contribution in [0.3, 0.4) is 0 Å². The maximum absolute atomic E-state index is 8.48. The Hall–Kier alpha value is -0.970. The molecule has 0 amide bonds. The summed E-state index contributed by atoms with van der Waals surface area (Å²) in [5.41, 5.74) is 5.48. The molecule has 0 spiro atoms. The van der Waals surface area contributed by atoms with Crippen molar-refractivity contribution in [2.24, 2.45) is 10.9 Å². The number of nitrogens with zero attached hydrogens (tertiary/aromatic N) is 2. The fourth-order valence-corrected chi connectivity index (χ4v) is 1.58. The van der Waals surface area contributed by atoms with Gasteiger partial charge in [0.2, 0.25) is 5.96 Å². The van der Waals surface area contributed by atoms with E-state index in [1.807, 2.05) is 11.8 Å². The molecule has 0 bridgehead atoms. The van der Waals surface area contributed by atoms with Crippen molar-refractivity contribution in [3.63, 3.8) is 0 Å². The largest absolute Gasteiger partial charge is 0.408 e. The molecule has 0 aliphatic carbocycles. The summed E-state index contributed by atoms with van der Waals surface area (Å²) in [5.74, 6) is 0.185. The molecule has 1 aliphatic heterocycles. The zero-order valence-corrected chi connectivity index (χ0v) is 7.94. The molecule has 1 saturated heterocycles. The number of rotatable bonds is 2. The lowest BCUT2D eigenvalue weighted by molar-refractivity contribution is 0.0226. The fourth-order valence-electron chi connectivity index (χ4n) is 1.58. The minimum absolute atomic E-state index is 0.185. The van der Waals surface area contributed by atoms with Crippen LogP contribution < -0.4 is 5.73 Å². The van der Waals surface area contributed by atoms with Crippen LogP contribution in [0.15, 0.2) is 5.16 Å². The number of hydrogen-bond acceptors (Lipinski definition) is 3. The van der Waals surface area contributed by atoms with Gasteiger partial charge in [0, 0.05) is 19.7 Å². The second-order valence-corrected chi connectivity index (χ2v) is 3.12. The van der Waals surface area contributed by atoms with Crippen molar-refractivity contribution >= 4 is 5.96 Å². The Morgan fingerprint density at radius 3 is 3.15 bits per heavy atom. The summed E-state index contributed by atoms with van der Waals surface area (Å²) in [6, 6.07) is 0. The highest BCUT2D eigenvalue weighted by Crippen LogP contribution is 2.12. The van der Waals surface area contributed by atoms with Crippen molar-refractivity contribution in [1.82, 2.24) is 4.90 Å². The lowest BCUT2D eigenvalue weighted by atomic mass is 10.1. The molecule has 0 radical (unpaired) electrons. The zero-order chi connectivity index (χ0) is 9.68. The number of oxime groups is 1. The van der Waals surface area contributed by atoms with E-state index in [0.717, 1.165) is 25.9 Å². The molecule has 76 valence electrons. The molecule has 0 aromatic rings. The predicted molar refractivity (Wildman–Crippen MR) is 49.6 cm³/mol. The predicted octanol–water partition coefficient (Wildman–Crippen LogP) is 0.191. The van der Waals surface area contributed by atoms with E-state index in [0.29, 0.717) is 6.61 Å². The van der Waals surface area contributed by atoms with E-state index < -0.39 is 0 Å². The number of piperidine rings is 1. The molecule has 5 heteroatoms. The molecule has 1 rings (SSSR count). The van der Waals surface area contributed by atoms with Crippen molar-refractivity contribution in [1.29, 1.82) is 0 Å². The Kier molecular flexibility index (Phi) is 3.82. The van der Waals surface area contributed by atoms with Gasteiger partial charge in [0.1, 0.15) is 0 Å². The van der Waals surface area contributed by atoms with Gasteiger partial charge in [0.15, 0.2) is 0 Å². The summed E-state index contributed by atoms with van der Waals surface area (Å²) in [5, 5.41) is 11.5. The van der Waals surface area contributed by atoms with Crippen molar-refractivity contribution in [3.8, 4) is 0 Å². The molecular formula is C8H17N3O2. The SMILES string of the molecule is CCOC1CCCN(C(N)=NO)C1. The molecule has 13 heavy (non-hydrogen) atoms. The molecule has 0 aromatic heterocycles. The van der Waals surface area contributed by atoms with Gasteiger partial charge in [-0.2, -0.15) is 0 Å². The molecule has 5 nitrogen and oxygen atoms in total. The summed E-state index contributed by atoms with van der Waals surface area (Å²) in [4.78, 5) is 1.84. The first-order valence-electron chi connectivity index (χ1n) is 4.62. The van der Waals surface area contributed by atoms with Crippen LogP contribution in [0.1, 0.15) is 19.8 Å². The maximum Gasteiger partial charge on any atom is 0.233 e. The van der Waals surface area contributed by atoms with Gasteiger partial charge in [-0.15, -0.1) is 0 Å². The first-order valence-corrected chi connectivity index (χ1v) is 4.62. The quantitative estimate of drug-likeness (QED) is 0.280. The number of nitrogens with two attached hydrogens (primary N) is 1. The lowest BCUT2D eigenvalue weighted by Gasteiger charge is -2.32. The van der Waals surface area contributed by atoms with E-state index in [4.69, 9.17) is 15.7 Å². The second kappa shape index (κ2) is 4.91. The summed E-state index contributed by atoms with van der Waals surface area (Å²) < 4.78 is 5.47. The second-order valence-electron chi connectivity index (χ2n) is 3.12. The smallest absolute Gasteiger partial charge is 0.233 e. The fraction of sp³-hybridized carbons (Fsp3) is 0.875. The van der Waals surface area contributed by atoms with Crippen molar-refractivity contribution < 1.29 is 9.94 Å². The number of hydrogen-bond donors (Lipinski definition) is 2. The van der Waals surface area contributed by atoms with Crippen LogP contribution >= 0.6 is 0 Å². The zero-order valence-electron chi connectivity index (χ0n) is 7.94. The number of likely N-dealkylation sites (tertiary alicyclic amines) is 1. The van der Waals surface area contributed by atoms with Gasteiger partial charge >= 0.3 is 0 Å². The van der Waals surface area contributed by atoms with Crippen LogP contribution in [0.2, 0.25) is 0 Å². The maximum atomic E-state index is 8.48. The Balaban J connectivity index is 2.41. The topological polar surface area (TPSA) is 71.1 Å². The molecule has 1 heterocycles. The van der Waals surface area contributed by atoms with E-state index in [1.54, 1.807) is 0 Å². The molecule has 1 unspecified atom stereocenters. The lowest BCUT2D eigenvalue weighted by Crippen LogP contribution is -2.46. The van der Waals surface area contributed by atoms with Gasteiger partial charge in [0.05, 0.1) is 6.10 Å². The van der Waals surface area contributed by atoms with Crippen LogP contribution in [0.25, 0.3) is 0 Å². The highest BCUT2D eigenvalue weighted by Gasteiger charge is 2.21. The van der Waals surface area contributed by atoms with Crippen LogP contribution in [0.5, 0.6) is 0 Å². The van der Waals surface area contributed by atoms with Crippen molar-refractivity contribution in [3.05, 3.63) is 0 Å². The number of guanidine groups is 1. The average Bonchev–Trinajstić information content (AvgIpc) is 2.18. The first kappa shape index (κ1) is 10.1. The van der Waals surface area contributed by atoms with Gasteiger partial charge in [0.25, 0.3) is 0 Å². The van der Waals surface area contributed by atoms with Gasteiger partial charge < -0.3 is 20.6 Å². The first-order chi connectivity index (χ1) is 6.27. The normalized spacial score (nSPS) is 24.8. The summed E-state index contributed by atoms with van der Waals surface area (Å²) in [6.07, 6.45) is 2.31. The molecule has 1 fully saturated rings. The van der Waals surface area contributed by atoms with E-state index in [-0.39, 0.29) is 12.1 Å². The average molecular weight is 187 g/mol. The Morgan fingerprint density at radius 2 is 2.54 bits per heavy atom. The molecule has 1 aliphatic rings. The van der Waals surface area contributed by atoms with Gasteiger partial charge in [-0.1, -0.05) is 5.16 Å². The van der Waals surface area contributed by atoms with Crippen LogP contribution in [0, 0.1) is 0 Å². The number of ether oxygens (including phenoxy) is 1. The Labute approximate surface area is 78.1 Å². The molecule has 0 aromatic carbocycles. The summed E-state index contributed by atoms with van der Waals surface area (Å²) in [6.45, 7) is 4.26. The van der Waals surface area contributed by atoms with E-state index in [9.17, 15) is 0 Å². The van der Waals surface area contributed by atoms with Crippen LogP contribution in [0.4, 0.5) is 0 Å². The van der Waals surface area contributed by atoms with Crippen LogP contribution in [-0.2, 0) is 4.74 Å². The monoisotopic (exact) mass is 187 g/mol. The van der Waals surface area contributed by atoms with Crippen LogP contribution in [-0.4, -0.2) is 41.9 Å². The minimum Gasteiger partial charge on any atom is -0.408 e. The summed E-state index contributed by atoms with van der Waals surface area (Å²) >= 11 is 0. The van der Waals surface area contributed by atoms with Crippen molar-refractivity contribution in [2.45, 2.75) is 25.9 Å². The van der Waals surface area contributed by atoms with Gasteiger partial charge in [-0.3, -0.25) is 0 Å². The molecular weight excluding hydrogens is 170 g/mol. The van der Waals surface area contributed by atoms with E-state index in [1.165, 1.54) is 0 Å². The van der Waals surface area contributed by atoms with Gasteiger partial charge in [-0.05, 0) is 19.8 Å². The highest BCUT2D eigenvalue weighted by molar-refractivity contribution is 5.77. The third kappa shape index (κ3) is 2.77. The third-order valence-corrected chi connectivity index (χ3v) is 2.21. The third-order valence-electron chi connectivity index (χ3n) is 2.21. The highest BCUT2D eigenvalue weighted by atomic mass is 16.5. The standard InChI is InChI=1S/C8H17N3O2/c1-2-13-7-4-3-5-11(6-7)8(9)10-12/h7,12H,2-6H2,1H3,(H2,9,10). The molecule has 1 atom stereocenters. The Bertz CT molecular complexity index is 182. The van der Waals surface area contributed by atoms with Gasteiger partial charge in [-0.25, -0.2) is 0 Å². The van der Waals surface area contributed by atoms with E-state index in [2.05, 4.69) is 5.16 Å². The minimum atomic E-state index is 0.185. The summed E-state index contributed by atoms with van der Waals surface area (Å²) in [7, 11) is 0. The van der Waals surface area contributed by atoms with E-state index >= 15 is 0 Å². The molecule has 0 saturated carbocycles. The Morgan fingerprint density at radius 1 is 1.77 bits per heavy atom.